The third-order valence-corrected chi connectivity index (χ3v) is 4.19. The molecule has 6 nitrogen and oxygen atoms in total. The maximum Gasteiger partial charge on any atom is 0.277 e. The maximum absolute atomic E-state index is 12.6. The summed E-state index contributed by atoms with van der Waals surface area (Å²) in [6.45, 7) is 3.35. The number of imide groups is 1. The molecule has 6 heteroatoms. The van der Waals surface area contributed by atoms with E-state index in [-0.39, 0.29) is 23.4 Å². The van der Waals surface area contributed by atoms with E-state index in [9.17, 15) is 14.4 Å². The zero-order chi connectivity index (χ0) is 18.8. The number of nitrogens with one attached hydrogen (secondary N) is 2. The molecule has 3 amide bonds. The normalized spacial score (nSPS) is 14.0. The zero-order valence-electron chi connectivity index (χ0n) is 14.8. The molecule has 2 aromatic carbocycles. The van der Waals surface area contributed by atoms with Gasteiger partial charge in [0.1, 0.15) is 5.70 Å². The highest BCUT2D eigenvalue weighted by Gasteiger charge is 2.36. The Bertz CT molecular complexity index is 930. The summed E-state index contributed by atoms with van der Waals surface area (Å²) >= 11 is 0. The van der Waals surface area contributed by atoms with Crippen LogP contribution in [-0.4, -0.2) is 29.7 Å². The molecule has 0 saturated heterocycles. The largest absolute Gasteiger partial charge is 0.350 e. The number of hydrogen-bond donors (Lipinski definition) is 2. The lowest BCUT2D eigenvalue weighted by Gasteiger charge is -2.11. The van der Waals surface area contributed by atoms with Crippen LogP contribution >= 0.6 is 0 Å². The number of carbonyl (C=O) groups excluding carboxylic acids is 3. The molecule has 0 atom stereocenters. The van der Waals surface area contributed by atoms with Crippen LogP contribution in [0, 0.1) is 6.92 Å². The number of amides is 3. The van der Waals surface area contributed by atoms with Crippen molar-refractivity contribution in [2.45, 2.75) is 13.8 Å². The average molecular weight is 349 g/mol. The van der Waals surface area contributed by atoms with Gasteiger partial charge in [0.2, 0.25) is 5.91 Å². The van der Waals surface area contributed by atoms with Crippen molar-refractivity contribution in [3.63, 3.8) is 0 Å². The van der Waals surface area contributed by atoms with Crippen molar-refractivity contribution in [3.05, 3.63) is 65.4 Å². The van der Waals surface area contributed by atoms with Crippen LogP contribution in [0.4, 0.5) is 11.4 Å². The van der Waals surface area contributed by atoms with E-state index >= 15 is 0 Å². The van der Waals surface area contributed by atoms with Gasteiger partial charge in [-0.05, 0) is 36.2 Å². The topological polar surface area (TPSA) is 78.5 Å². The highest BCUT2D eigenvalue weighted by atomic mass is 16.2. The van der Waals surface area contributed by atoms with E-state index in [1.54, 1.807) is 24.3 Å². The lowest BCUT2D eigenvalue weighted by Crippen LogP contribution is -2.28. The Kier molecular flexibility index (Phi) is 4.58. The van der Waals surface area contributed by atoms with E-state index in [1.807, 2.05) is 31.2 Å². The minimum Gasteiger partial charge on any atom is -0.350 e. The first-order chi connectivity index (χ1) is 12.4. The van der Waals surface area contributed by atoms with Gasteiger partial charge in [-0.1, -0.05) is 30.3 Å². The van der Waals surface area contributed by atoms with Gasteiger partial charge in [-0.25, -0.2) is 0 Å². The van der Waals surface area contributed by atoms with Gasteiger partial charge in [-0.3, -0.25) is 19.3 Å². The van der Waals surface area contributed by atoms with Crippen LogP contribution in [0.1, 0.15) is 18.1 Å². The third-order valence-electron chi connectivity index (χ3n) is 4.19. The van der Waals surface area contributed by atoms with E-state index < -0.39 is 0 Å². The van der Waals surface area contributed by atoms with Gasteiger partial charge in [0, 0.05) is 25.3 Å². The van der Waals surface area contributed by atoms with Crippen LogP contribution in [0.15, 0.2) is 54.2 Å². The van der Waals surface area contributed by atoms with E-state index in [0.29, 0.717) is 16.8 Å². The Morgan fingerprint density at radius 2 is 1.62 bits per heavy atom. The molecule has 0 aromatic heterocycles. The SMILES string of the molecule is CC(=O)Nc1ccc(C2=C(Nc3ccccc3C)C(=O)N(C)C2=O)cc1. The summed E-state index contributed by atoms with van der Waals surface area (Å²) in [5.74, 6) is -0.914. The fraction of sp³-hybridized carbons (Fsp3) is 0.150. The third kappa shape index (κ3) is 3.21. The van der Waals surface area contributed by atoms with E-state index in [4.69, 9.17) is 0 Å². The smallest absolute Gasteiger partial charge is 0.277 e. The summed E-state index contributed by atoms with van der Waals surface area (Å²) in [5, 5.41) is 5.79. The van der Waals surface area contributed by atoms with Crippen LogP contribution in [0.2, 0.25) is 0 Å². The molecule has 3 rings (SSSR count). The fourth-order valence-corrected chi connectivity index (χ4v) is 2.80. The number of rotatable bonds is 4. The molecule has 0 bridgehead atoms. The number of anilines is 2. The van der Waals surface area contributed by atoms with Crippen molar-refractivity contribution in [2.75, 3.05) is 17.7 Å². The second kappa shape index (κ2) is 6.84. The molecule has 1 aliphatic rings. The summed E-state index contributed by atoms with van der Waals surface area (Å²) in [5.41, 5.74) is 3.54. The molecule has 0 radical (unpaired) electrons. The highest BCUT2D eigenvalue weighted by Crippen LogP contribution is 2.31. The summed E-state index contributed by atoms with van der Waals surface area (Å²) in [6.07, 6.45) is 0. The average Bonchev–Trinajstić information content (AvgIpc) is 2.81. The van der Waals surface area contributed by atoms with Crippen LogP contribution in [0.3, 0.4) is 0 Å². The minimum atomic E-state index is -0.376. The van der Waals surface area contributed by atoms with Gasteiger partial charge in [-0.2, -0.15) is 0 Å². The predicted molar refractivity (Wildman–Crippen MR) is 100 cm³/mol. The molecule has 0 saturated carbocycles. The van der Waals surface area contributed by atoms with Crippen molar-refractivity contribution < 1.29 is 14.4 Å². The van der Waals surface area contributed by atoms with Crippen molar-refractivity contribution in [1.29, 1.82) is 0 Å². The number of benzene rings is 2. The molecule has 1 aliphatic heterocycles. The van der Waals surface area contributed by atoms with Gasteiger partial charge >= 0.3 is 0 Å². The predicted octanol–water partition coefficient (Wildman–Crippen LogP) is 2.78. The molecular weight excluding hydrogens is 330 g/mol. The first-order valence-electron chi connectivity index (χ1n) is 8.16. The van der Waals surface area contributed by atoms with E-state index in [2.05, 4.69) is 10.6 Å². The quantitative estimate of drug-likeness (QED) is 0.832. The van der Waals surface area contributed by atoms with Gasteiger partial charge in [0.25, 0.3) is 11.8 Å². The number of hydrogen-bond acceptors (Lipinski definition) is 4. The van der Waals surface area contributed by atoms with E-state index in [0.717, 1.165) is 16.2 Å². The van der Waals surface area contributed by atoms with Gasteiger partial charge < -0.3 is 10.6 Å². The monoisotopic (exact) mass is 349 g/mol. The van der Waals surface area contributed by atoms with Crippen LogP contribution in [0.25, 0.3) is 5.57 Å². The van der Waals surface area contributed by atoms with Crippen molar-refractivity contribution in [3.8, 4) is 0 Å². The lowest BCUT2D eigenvalue weighted by atomic mass is 10.0. The Morgan fingerprint density at radius 3 is 2.23 bits per heavy atom. The van der Waals surface area contributed by atoms with Gasteiger partial charge in [0.05, 0.1) is 5.57 Å². The fourth-order valence-electron chi connectivity index (χ4n) is 2.80. The molecule has 0 aliphatic carbocycles. The number of para-hydroxylation sites is 1. The van der Waals surface area contributed by atoms with Crippen LogP contribution in [-0.2, 0) is 14.4 Å². The summed E-state index contributed by atoms with van der Waals surface area (Å²) in [7, 11) is 1.46. The second-order valence-electron chi connectivity index (χ2n) is 6.12. The molecule has 2 N–H and O–H groups in total. The molecule has 0 fully saturated rings. The van der Waals surface area contributed by atoms with Gasteiger partial charge in [-0.15, -0.1) is 0 Å². The Hall–Kier alpha value is -3.41. The molecule has 0 unspecified atom stereocenters. The highest BCUT2D eigenvalue weighted by molar-refractivity contribution is 6.36. The van der Waals surface area contributed by atoms with Crippen LogP contribution < -0.4 is 10.6 Å². The Balaban J connectivity index is 2.03. The van der Waals surface area contributed by atoms with Crippen LogP contribution in [0.5, 0.6) is 0 Å². The Morgan fingerprint density at radius 1 is 0.962 bits per heavy atom. The van der Waals surface area contributed by atoms with Crippen molar-refractivity contribution in [2.24, 2.45) is 0 Å². The molecule has 132 valence electrons. The number of carbonyl (C=O) groups is 3. The number of aryl methyl sites for hydroxylation is 1. The molecule has 26 heavy (non-hydrogen) atoms. The van der Waals surface area contributed by atoms with Crippen molar-refractivity contribution >= 4 is 34.7 Å². The van der Waals surface area contributed by atoms with Gasteiger partial charge in [0.15, 0.2) is 0 Å². The maximum atomic E-state index is 12.6. The summed E-state index contributed by atoms with van der Waals surface area (Å²) in [4.78, 5) is 37.4. The summed E-state index contributed by atoms with van der Waals surface area (Å²) in [6, 6.07) is 14.4. The zero-order valence-corrected chi connectivity index (χ0v) is 14.8. The first-order valence-corrected chi connectivity index (χ1v) is 8.16. The molecular formula is C20H19N3O3. The second-order valence-corrected chi connectivity index (χ2v) is 6.12. The Labute approximate surface area is 151 Å². The van der Waals surface area contributed by atoms with E-state index in [1.165, 1.54) is 14.0 Å². The van der Waals surface area contributed by atoms with Crippen molar-refractivity contribution in [1.82, 2.24) is 4.90 Å². The molecule has 2 aromatic rings. The lowest BCUT2D eigenvalue weighted by molar-refractivity contribution is -0.135. The number of nitrogens with zero attached hydrogens (tertiary/aromatic N) is 1. The number of likely N-dealkylation sites (N-methyl/N-ethyl adjacent to an activating group) is 1. The molecule has 0 spiro atoms. The summed E-state index contributed by atoms with van der Waals surface area (Å²) < 4.78 is 0. The minimum absolute atomic E-state index is 0.175. The first kappa shape index (κ1) is 17.4. The standard InChI is InChI=1S/C20H19N3O3/c1-12-6-4-5-7-16(12)22-18-17(19(25)23(3)20(18)26)14-8-10-15(11-9-14)21-13(2)24/h4-11,22H,1-3H3,(H,21,24). The molecule has 1 heterocycles.